The van der Waals surface area contributed by atoms with Crippen molar-refractivity contribution in [3.63, 3.8) is 0 Å². The first-order valence-electron chi connectivity index (χ1n) is 7.78. The van der Waals surface area contributed by atoms with Gasteiger partial charge in [-0.1, -0.05) is 12.1 Å². The molecule has 2 heterocycles. The van der Waals surface area contributed by atoms with Crippen molar-refractivity contribution in [2.75, 3.05) is 19.1 Å². The maximum Gasteiger partial charge on any atom is 0.209 e. The van der Waals surface area contributed by atoms with Crippen molar-refractivity contribution < 1.29 is 8.42 Å². The van der Waals surface area contributed by atoms with Crippen molar-refractivity contribution in [3.05, 3.63) is 47.3 Å². The molecule has 0 fully saturated rings. The first-order chi connectivity index (χ1) is 11.4. The summed E-state index contributed by atoms with van der Waals surface area (Å²) in [6, 6.07) is 10.6. The van der Waals surface area contributed by atoms with Gasteiger partial charge in [-0.05, 0) is 30.0 Å². The average Bonchev–Trinajstić information content (AvgIpc) is 2.95. The quantitative estimate of drug-likeness (QED) is 0.788. The van der Waals surface area contributed by atoms with Gasteiger partial charge < -0.3 is 0 Å². The SMILES string of the molecule is CSc1cccc(CN2CCn3nc(CNS(C)(=O)=O)cc3C2)c1. The molecule has 24 heavy (non-hydrogen) atoms. The fourth-order valence-corrected chi connectivity index (χ4v) is 3.73. The van der Waals surface area contributed by atoms with E-state index in [9.17, 15) is 8.42 Å². The van der Waals surface area contributed by atoms with E-state index in [0.717, 1.165) is 43.8 Å². The van der Waals surface area contributed by atoms with E-state index < -0.39 is 10.0 Å². The summed E-state index contributed by atoms with van der Waals surface area (Å²) in [7, 11) is -3.19. The molecule has 0 spiro atoms. The van der Waals surface area contributed by atoms with Crippen molar-refractivity contribution in [1.29, 1.82) is 0 Å². The molecule has 130 valence electrons. The van der Waals surface area contributed by atoms with Gasteiger partial charge in [0, 0.05) is 24.5 Å². The summed E-state index contributed by atoms with van der Waals surface area (Å²) < 4.78 is 26.9. The van der Waals surface area contributed by atoms with Crippen molar-refractivity contribution in [1.82, 2.24) is 19.4 Å². The van der Waals surface area contributed by atoms with E-state index in [1.54, 1.807) is 11.8 Å². The molecule has 6 nitrogen and oxygen atoms in total. The number of nitrogens with one attached hydrogen (secondary N) is 1. The summed E-state index contributed by atoms with van der Waals surface area (Å²) in [5.74, 6) is 0. The Hall–Kier alpha value is -1.35. The summed E-state index contributed by atoms with van der Waals surface area (Å²) >= 11 is 1.76. The van der Waals surface area contributed by atoms with Gasteiger partial charge in [-0.2, -0.15) is 5.10 Å². The molecule has 2 aromatic rings. The number of sulfonamides is 1. The molecular weight excluding hydrogens is 344 g/mol. The third-order valence-electron chi connectivity index (χ3n) is 3.98. The highest BCUT2D eigenvalue weighted by Crippen LogP contribution is 2.20. The first kappa shape index (κ1) is 17.5. The molecule has 0 saturated carbocycles. The smallest absolute Gasteiger partial charge is 0.209 e. The molecule has 1 aliphatic rings. The highest BCUT2D eigenvalue weighted by molar-refractivity contribution is 7.98. The Kier molecular flexibility index (Phi) is 5.29. The predicted octanol–water partition coefficient (Wildman–Crippen LogP) is 1.67. The first-order valence-corrected chi connectivity index (χ1v) is 10.9. The molecule has 3 rings (SSSR count). The third-order valence-corrected chi connectivity index (χ3v) is 5.38. The largest absolute Gasteiger partial charge is 0.291 e. The van der Waals surface area contributed by atoms with Crippen LogP contribution in [-0.4, -0.2) is 42.2 Å². The lowest BCUT2D eigenvalue weighted by atomic mass is 10.2. The van der Waals surface area contributed by atoms with Crippen LogP contribution in [0.2, 0.25) is 0 Å². The summed E-state index contributed by atoms with van der Waals surface area (Å²) in [6.07, 6.45) is 3.25. The van der Waals surface area contributed by atoms with Gasteiger partial charge in [0.2, 0.25) is 10.0 Å². The average molecular weight is 367 g/mol. The summed E-state index contributed by atoms with van der Waals surface area (Å²) in [5.41, 5.74) is 3.21. The Bertz CT molecular complexity index is 817. The number of rotatable bonds is 6. The molecule has 0 radical (unpaired) electrons. The molecule has 0 saturated heterocycles. The molecule has 0 aliphatic carbocycles. The maximum absolute atomic E-state index is 11.2. The van der Waals surface area contributed by atoms with Gasteiger partial charge >= 0.3 is 0 Å². The van der Waals surface area contributed by atoms with E-state index >= 15 is 0 Å². The molecule has 0 bridgehead atoms. The predicted molar refractivity (Wildman–Crippen MR) is 96.2 cm³/mol. The summed E-state index contributed by atoms with van der Waals surface area (Å²) in [5, 5.41) is 4.48. The van der Waals surface area contributed by atoms with Gasteiger partial charge in [-0.25, -0.2) is 13.1 Å². The lowest BCUT2D eigenvalue weighted by molar-refractivity contribution is 0.205. The van der Waals surface area contributed by atoms with Crippen LogP contribution in [0.5, 0.6) is 0 Å². The second-order valence-corrected chi connectivity index (χ2v) is 8.72. The van der Waals surface area contributed by atoms with E-state index in [0.29, 0.717) is 0 Å². The van der Waals surface area contributed by atoms with Crippen LogP contribution in [0.15, 0.2) is 35.2 Å². The van der Waals surface area contributed by atoms with Crippen molar-refractivity contribution in [3.8, 4) is 0 Å². The molecule has 8 heteroatoms. The van der Waals surface area contributed by atoms with Crippen molar-refractivity contribution in [2.24, 2.45) is 0 Å². The second-order valence-electron chi connectivity index (χ2n) is 6.01. The Labute approximate surface area is 147 Å². The van der Waals surface area contributed by atoms with Crippen LogP contribution in [0, 0.1) is 0 Å². The van der Waals surface area contributed by atoms with E-state index in [1.807, 2.05) is 10.7 Å². The number of fused-ring (bicyclic) bond motifs is 1. The lowest BCUT2D eigenvalue weighted by Gasteiger charge is -2.27. The number of nitrogens with zero attached hydrogens (tertiary/aromatic N) is 3. The van der Waals surface area contributed by atoms with Crippen molar-refractivity contribution >= 4 is 21.8 Å². The monoisotopic (exact) mass is 366 g/mol. The fourth-order valence-electron chi connectivity index (χ4n) is 2.84. The number of aromatic nitrogens is 2. The zero-order valence-corrected chi connectivity index (χ0v) is 15.5. The van der Waals surface area contributed by atoms with E-state index in [1.165, 1.54) is 10.5 Å². The second kappa shape index (κ2) is 7.26. The zero-order valence-electron chi connectivity index (χ0n) is 13.9. The van der Waals surface area contributed by atoms with E-state index in [-0.39, 0.29) is 6.54 Å². The van der Waals surface area contributed by atoms with Crippen LogP contribution >= 0.6 is 11.8 Å². The van der Waals surface area contributed by atoms with Crippen LogP contribution in [0.3, 0.4) is 0 Å². The maximum atomic E-state index is 11.2. The molecular formula is C16H22N4O2S2. The number of thioether (sulfide) groups is 1. The Morgan fingerprint density at radius 2 is 2.12 bits per heavy atom. The lowest BCUT2D eigenvalue weighted by Crippen LogP contribution is -2.33. The van der Waals surface area contributed by atoms with Crippen LogP contribution in [-0.2, 0) is 36.2 Å². The zero-order chi connectivity index (χ0) is 17.2. The third kappa shape index (κ3) is 4.60. The van der Waals surface area contributed by atoms with Crippen LogP contribution in [0.4, 0.5) is 0 Å². The highest BCUT2D eigenvalue weighted by Gasteiger charge is 2.19. The van der Waals surface area contributed by atoms with Crippen LogP contribution in [0.25, 0.3) is 0 Å². The van der Waals surface area contributed by atoms with Gasteiger partial charge in [0.1, 0.15) is 0 Å². The number of benzene rings is 1. The molecule has 0 amide bonds. The van der Waals surface area contributed by atoms with Gasteiger partial charge in [0.25, 0.3) is 0 Å². The van der Waals surface area contributed by atoms with Gasteiger partial charge in [-0.3, -0.25) is 9.58 Å². The van der Waals surface area contributed by atoms with E-state index in [4.69, 9.17) is 0 Å². The van der Waals surface area contributed by atoms with Gasteiger partial charge in [-0.15, -0.1) is 11.8 Å². The van der Waals surface area contributed by atoms with Gasteiger partial charge in [0.05, 0.1) is 30.7 Å². The number of hydrogen-bond acceptors (Lipinski definition) is 5. The Balaban J connectivity index is 1.64. The highest BCUT2D eigenvalue weighted by atomic mass is 32.2. The summed E-state index contributed by atoms with van der Waals surface area (Å²) in [4.78, 5) is 3.67. The Morgan fingerprint density at radius 3 is 2.88 bits per heavy atom. The summed E-state index contributed by atoms with van der Waals surface area (Å²) in [6.45, 7) is 3.76. The standard InChI is InChI=1S/C16H22N4O2S2/c1-23-16-5-3-4-13(8-16)11-19-6-7-20-15(12-19)9-14(18-20)10-17-24(2,21)22/h3-5,8-9,17H,6-7,10-12H2,1-2H3. The number of hydrogen-bond donors (Lipinski definition) is 1. The van der Waals surface area contributed by atoms with E-state index in [2.05, 4.69) is 45.2 Å². The Morgan fingerprint density at radius 1 is 1.29 bits per heavy atom. The fraction of sp³-hybridized carbons (Fsp3) is 0.438. The molecule has 1 aliphatic heterocycles. The van der Waals surface area contributed by atoms with Crippen LogP contribution in [0.1, 0.15) is 17.0 Å². The topological polar surface area (TPSA) is 67.2 Å². The molecule has 1 aromatic heterocycles. The van der Waals surface area contributed by atoms with Crippen LogP contribution < -0.4 is 4.72 Å². The van der Waals surface area contributed by atoms with Gasteiger partial charge in [0.15, 0.2) is 0 Å². The molecule has 0 unspecified atom stereocenters. The minimum atomic E-state index is -3.19. The minimum absolute atomic E-state index is 0.245. The molecule has 0 atom stereocenters. The minimum Gasteiger partial charge on any atom is -0.291 e. The normalized spacial score (nSPS) is 15.4. The van der Waals surface area contributed by atoms with Crippen molar-refractivity contribution in [2.45, 2.75) is 31.1 Å². The molecule has 1 N–H and O–H groups in total. The molecule has 1 aromatic carbocycles.